The molecule has 0 saturated heterocycles. The molecular weight excluding hydrogens is 416 g/mol. The fourth-order valence-electron chi connectivity index (χ4n) is 4.52. The average molecular weight is 461 g/mol. The van der Waals surface area contributed by atoms with Gasteiger partial charge in [0.1, 0.15) is 0 Å². The minimum absolute atomic E-state index is 0.00315. The minimum Gasteiger partial charge on any atom is -0.465 e. The highest BCUT2D eigenvalue weighted by atomic mass is 16.5. The lowest BCUT2D eigenvalue weighted by Gasteiger charge is -2.23. The van der Waals surface area contributed by atoms with Crippen molar-refractivity contribution in [3.8, 4) is 0 Å². The molecule has 0 unspecified atom stereocenters. The molecule has 0 bridgehead atoms. The van der Waals surface area contributed by atoms with Crippen molar-refractivity contribution in [3.63, 3.8) is 0 Å². The van der Waals surface area contributed by atoms with Gasteiger partial charge in [0, 0.05) is 6.42 Å². The molecule has 1 aliphatic rings. The summed E-state index contributed by atoms with van der Waals surface area (Å²) in [6, 6.07) is 10.1. The number of esters is 1. The lowest BCUT2D eigenvalue weighted by molar-refractivity contribution is -0.146. The van der Waals surface area contributed by atoms with Crippen LogP contribution in [0.25, 0.3) is 0 Å². The second-order valence-electron chi connectivity index (χ2n) is 10.8. The number of hydrogen-bond donors (Lipinski definition) is 3. The van der Waals surface area contributed by atoms with Crippen LogP contribution in [0.15, 0.2) is 42.5 Å². The maximum absolute atomic E-state index is 11.8. The molecule has 5 atom stereocenters. The van der Waals surface area contributed by atoms with Gasteiger partial charge in [0.25, 0.3) is 0 Å². The van der Waals surface area contributed by atoms with E-state index in [0.717, 1.165) is 19.3 Å². The molecule has 1 saturated carbocycles. The summed E-state index contributed by atoms with van der Waals surface area (Å²) in [5, 5.41) is 31.3. The number of carbonyl (C=O) groups excluding carboxylic acids is 1. The van der Waals surface area contributed by atoms with Crippen LogP contribution < -0.4 is 0 Å². The second kappa shape index (κ2) is 13.9. The van der Waals surface area contributed by atoms with Crippen molar-refractivity contribution in [2.75, 3.05) is 6.61 Å². The zero-order valence-electron chi connectivity index (χ0n) is 20.7. The van der Waals surface area contributed by atoms with Crippen molar-refractivity contribution in [1.29, 1.82) is 0 Å². The van der Waals surface area contributed by atoms with E-state index in [0.29, 0.717) is 45.1 Å². The molecule has 1 aromatic rings. The smallest absolute Gasteiger partial charge is 0.305 e. The third-order valence-electron chi connectivity index (χ3n) is 6.46. The molecule has 1 fully saturated rings. The number of allylic oxidation sites excluding steroid dienone is 2. The highest BCUT2D eigenvalue weighted by Gasteiger charge is 2.40. The largest absolute Gasteiger partial charge is 0.465 e. The van der Waals surface area contributed by atoms with E-state index >= 15 is 0 Å². The van der Waals surface area contributed by atoms with Gasteiger partial charge in [0.2, 0.25) is 0 Å². The molecule has 0 spiro atoms. The van der Waals surface area contributed by atoms with Crippen LogP contribution in [-0.2, 0) is 16.0 Å². The van der Waals surface area contributed by atoms with E-state index < -0.39 is 18.3 Å². The Morgan fingerprint density at radius 1 is 1.09 bits per heavy atom. The van der Waals surface area contributed by atoms with Crippen LogP contribution in [0.4, 0.5) is 0 Å². The van der Waals surface area contributed by atoms with Gasteiger partial charge in [0.05, 0.1) is 24.9 Å². The van der Waals surface area contributed by atoms with Crippen LogP contribution in [0, 0.1) is 17.3 Å². The van der Waals surface area contributed by atoms with Crippen LogP contribution in [-0.4, -0.2) is 46.2 Å². The third kappa shape index (κ3) is 10.9. The summed E-state index contributed by atoms with van der Waals surface area (Å²) in [4.78, 5) is 11.8. The maximum atomic E-state index is 11.8. The van der Waals surface area contributed by atoms with Gasteiger partial charge < -0.3 is 20.1 Å². The summed E-state index contributed by atoms with van der Waals surface area (Å²) in [7, 11) is 0. The number of ether oxygens (including phenoxy) is 1. The summed E-state index contributed by atoms with van der Waals surface area (Å²) < 4.78 is 5.28. The second-order valence-corrected chi connectivity index (χ2v) is 10.8. The van der Waals surface area contributed by atoms with Crippen molar-refractivity contribution in [3.05, 3.63) is 48.0 Å². The van der Waals surface area contributed by atoms with E-state index in [1.54, 1.807) is 0 Å². The molecule has 1 aromatic carbocycles. The first-order chi connectivity index (χ1) is 15.7. The Balaban J connectivity index is 1.68. The Bertz CT molecular complexity index is 709. The Labute approximate surface area is 199 Å². The molecule has 186 valence electrons. The van der Waals surface area contributed by atoms with Crippen LogP contribution in [0.2, 0.25) is 0 Å². The van der Waals surface area contributed by atoms with Crippen molar-refractivity contribution in [1.82, 2.24) is 0 Å². The molecule has 0 aliphatic heterocycles. The predicted octanol–water partition coefficient (Wildman–Crippen LogP) is 4.82. The Morgan fingerprint density at radius 2 is 1.79 bits per heavy atom. The highest BCUT2D eigenvalue weighted by molar-refractivity contribution is 5.69. The lowest BCUT2D eigenvalue weighted by Crippen LogP contribution is -2.23. The number of carbonyl (C=O) groups is 1. The van der Waals surface area contributed by atoms with E-state index in [9.17, 15) is 20.1 Å². The summed E-state index contributed by atoms with van der Waals surface area (Å²) in [5.41, 5.74) is 1.20. The molecule has 33 heavy (non-hydrogen) atoms. The van der Waals surface area contributed by atoms with Crippen molar-refractivity contribution in [2.45, 2.75) is 96.9 Å². The molecule has 5 heteroatoms. The third-order valence-corrected chi connectivity index (χ3v) is 6.46. The average Bonchev–Trinajstić information content (AvgIpc) is 3.04. The number of rotatable bonds is 13. The number of aliphatic hydroxyl groups is 3. The van der Waals surface area contributed by atoms with E-state index in [-0.39, 0.29) is 23.2 Å². The van der Waals surface area contributed by atoms with Gasteiger partial charge >= 0.3 is 5.97 Å². The molecular formula is C28H44O5. The molecule has 0 heterocycles. The van der Waals surface area contributed by atoms with E-state index in [1.165, 1.54) is 5.56 Å². The Kier molecular flexibility index (Phi) is 11.6. The molecule has 0 amide bonds. The summed E-state index contributed by atoms with van der Waals surface area (Å²) >= 11 is 0. The minimum atomic E-state index is -0.516. The Hall–Kier alpha value is -1.69. The van der Waals surface area contributed by atoms with Gasteiger partial charge in [-0.1, -0.05) is 63.3 Å². The monoisotopic (exact) mass is 460 g/mol. The Morgan fingerprint density at radius 3 is 2.48 bits per heavy atom. The first-order valence-electron chi connectivity index (χ1n) is 12.5. The molecule has 3 N–H and O–H groups in total. The zero-order valence-corrected chi connectivity index (χ0v) is 20.7. The summed E-state index contributed by atoms with van der Waals surface area (Å²) in [6.45, 7) is 6.55. The zero-order chi connectivity index (χ0) is 24.3. The first kappa shape index (κ1) is 27.6. The van der Waals surface area contributed by atoms with Gasteiger partial charge in [-0.2, -0.15) is 0 Å². The summed E-state index contributed by atoms with van der Waals surface area (Å²) in [5.74, 6) is -0.142. The van der Waals surface area contributed by atoms with Gasteiger partial charge in [-0.25, -0.2) is 0 Å². The normalized spacial score (nSPS) is 24.3. The van der Waals surface area contributed by atoms with Crippen molar-refractivity contribution < 1.29 is 24.9 Å². The molecule has 2 rings (SSSR count). The fraction of sp³-hybridized carbons (Fsp3) is 0.679. The molecule has 1 aliphatic carbocycles. The van der Waals surface area contributed by atoms with Crippen LogP contribution in [0.3, 0.4) is 0 Å². The topological polar surface area (TPSA) is 87.0 Å². The van der Waals surface area contributed by atoms with Crippen LogP contribution in [0.5, 0.6) is 0 Å². The van der Waals surface area contributed by atoms with E-state index in [2.05, 4.69) is 24.3 Å². The first-order valence-corrected chi connectivity index (χ1v) is 12.5. The van der Waals surface area contributed by atoms with Crippen LogP contribution in [0.1, 0.15) is 77.7 Å². The molecule has 5 nitrogen and oxygen atoms in total. The quantitative estimate of drug-likeness (QED) is 0.223. The SMILES string of the molecule is CC(C)(C)COC(=O)CCC/C=C\C[C@@H]1[C@@H](CC[C@@H](O)CCc2ccccc2)[C@H](O)C[C@@H]1O. The van der Waals surface area contributed by atoms with Gasteiger partial charge in [0.15, 0.2) is 0 Å². The number of benzene rings is 1. The fourth-order valence-corrected chi connectivity index (χ4v) is 4.52. The molecule has 0 radical (unpaired) electrons. The van der Waals surface area contributed by atoms with Gasteiger partial charge in [-0.3, -0.25) is 4.79 Å². The number of unbranched alkanes of at least 4 members (excludes halogenated alkanes) is 1. The standard InChI is InChI=1S/C28H44O5/c1-28(2,3)20-33-27(32)14-10-5-4-9-13-23-24(26(31)19-25(23)30)18-17-22(29)16-15-21-11-7-6-8-12-21/h4,6-9,11-12,22-26,29-31H,5,10,13-20H2,1-3H3/b9-4-/t22-,23+,24+,25-,26+/m0/s1. The lowest BCUT2D eigenvalue weighted by atomic mass is 9.85. The highest BCUT2D eigenvalue weighted by Crippen LogP contribution is 2.38. The maximum Gasteiger partial charge on any atom is 0.305 e. The van der Waals surface area contributed by atoms with Crippen molar-refractivity contribution in [2.24, 2.45) is 17.3 Å². The predicted molar refractivity (Wildman–Crippen MR) is 132 cm³/mol. The van der Waals surface area contributed by atoms with Crippen LogP contribution >= 0.6 is 0 Å². The summed E-state index contributed by atoms with van der Waals surface area (Å²) in [6.07, 6.45) is 8.65. The van der Waals surface area contributed by atoms with Gasteiger partial charge in [-0.05, 0) is 74.2 Å². The number of aryl methyl sites for hydroxylation is 1. The van der Waals surface area contributed by atoms with Gasteiger partial charge in [-0.15, -0.1) is 0 Å². The number of hydrogen-bond acceptors (Lipinski definition) is 5. The van der Waals surface area contributed by atoms with E-state index in [1.807, 2.05) is 39.0 Å². The van der Waals surface area contributed by atoms with Crippen molar-refractivity contribution >= 4 is 5.97 Å². The van der Waals surface area contributed by atoms with E-state index in [4.69, 9.17) is 4.74 Å². The number of aliphatic hydroxyl groups excluding tert-OH is 3. The molecule has 0 aromatic heterocycles.